The third-order valence-electron chi connectivity index (χ3n) is 3.30. The van der Waals surface area contributed by atoms with Crippen molar-refractivity contribution in [3.05, 3.63) is 0 Å². The predicted molar refractivity (Wildman–Crippen MR) is 57.7 cm³/mol. The SMILES string of the molecule is CCOC(=O)C(=O)NC1CC2CNC(C2)C1. The van der Waals surface area contributed by atoms with Gasteiger partial charge in [-0.1, -0.05) is 0 Å². The molecule has 1 saturated heterocycles. The lowest BCUT2D eigenvalue weighted by atomic mass is 9.86. The summed E-state index contributed by atoms with van der Waals surface area (Å²) in [6.07, 6.45) is 3.09. The fraction of sp³-hybridized carbons (Fsp3) is 0.818. The minimum absolute atomic E-state index is 0.121. The molecule has 0 spiro atoms. The van der Waals surface area contributed by atoms with Gasteiger partial charge < -0.3 is 15.4 Å². The van der Waals surface area contributed by atoms with E-state index >= 15 is 0 Å². The average molecular weight is 226 g/mol. The summed E-state index contributed by atoms with van der Waals surface area (Å²) in [5, 5.41) is 6.16. The van der Waals surface area contributed by atoms with Gasteiger partial charge in [0.2, 0.25) is 0 Å². The maximum Gasteiger partial charge on any atom is 0.396 e. The molecule has 1 heterocycles. The van der Waals surface area contributed by atoms with Crippen molar-refractivity contribution in [1.82, 2.24) is 10.6 Å². The second kappa shape index (κ2) is 4.82. The normalized spacial score (nSPS) is 32.2. The molecule has 16 heavy (non-hydrogen) atoms. The highest BCUT2D eigenvalue weighted by molar-refractivity contribution is 6.32. The summed E-state index contributed by atoms with van der Waals surface area (Å²) in [5.41, 5.74) is 0. The topological polar surface area (TPSA) is 67.4 Å². The Hall–Kier alpha value is -1.10. The summed E-state index contributed by atoms with van der Waals surface area (Å²) < 4.78 is 4.65. The van der Waals surface area contributed by atoms with E-state index in [0.29, 0.717) is 12.0 Å². The van der Waals surface area contributed by atoms with Crippen molar-refractivity contribution in [2.75, 3.05) is 13.2 Å². The molecule has 90 valence electrons. The Morgan fingerprint density at radius 2 is 2.19 bits per heavy atom. The van der Waals surface area contributed by atoms with Gasteiger partial charge in [-0.15, -0.1) is 0 Å². The first-order chi connectivity index (χ1) is 7.69. The van der Waals surface area contributed by atoms with Crippen molar-refractivity contribution in [1.29, 1.82) is 0 Å². The molecule has 0 aromatic rings. The van der Waals surface area contributed by atoms with E-state index in [1.165, 1.54) is 6.42 Å². The molecule has 0 aromatic heterocycles. The number of hydrogen-bond donors (Lipinski definition) is 2. The van der Waals surface area contributed by atoms with Crippen LogP contribution in [-0.4, -0.2) is 37.1 Å². The zero-order valence-corrected chi connectivity index (χ0v) is 9.49. The van der Waals surface area contributed by atoms with Crippen LogP contribution in [0.25, 0.3) is 0 Å². The molecule has 3 unspecified atom stereocenters. The number of esters is 1. The van der Waals surface area contributed by atoms with Crippen molar-refractivity contribution in [3.63, 3.8) is 0 Å². The van der Waals surface area contributed by atoms with Gasteiger partial charge in [0.05, 0.1) is 6.61 Å². The molecule has 1 aliphatic carbocycles. The van der Waals surface area contributed by atoms with E-state index in [-0.39, 0.29) is 12.6 Å². The predicted octanol–water partition coefficient (Wildman–Crippen LogP) is -0.194. The van der Waals surface area contributed by atoms with Gasteiger partial charge in [-0.3, -0.25) is 4.79 Å². The van der Waals surface area contributed by atoms with Gasteiger partial charge in [-0.25, -0.2) is 4.79 Å². The highest BCUT2D eigenvalue weighted by Gasteiger charge is 2.35. The fourth-order valence-corrected chi connectivity index (χ4v) is 2.66. The number of amides is 1. The number of hydrogen-bond acceptors (Lipinski definition) is 4. The van der Waals surface area contributed by atoms with Gasteiger partial charge in [0.1, 0.15) is 0 Å². The van der Waals surface area contributed by atoms with Crippen molar-refractivity contribution in [2.24, 2.45) is 5.92 Å². The molecule has 2 fully saturated rings. The highest BCUT2D eigenvalue weighted by atomic mass is 16.5. The number of fused-ring (bicyclic) bond motifs is 2. The maximum atomic E-state index is 11.4. The van der Waals surface area contributed by atoms with Crippen LogP contribution in [0.4, 0.5) is 0 Å². The van der Waals surface area contributed by atoms with Gasteiger partial charge in [-0.05, 0) is 38.6 Å². The second-order valence-corrected chi connectivity index (χ2v) is 4.57. The molecule has 2 N–H and O–H groups in total. The average Bonchev–Trinajstić information content (AvgIpc) is 2.58. The monoisotopic (exact) mass is 226 g/mol. The summed E-state index contributed by atoms with van der Waals surface area (Å²) in [5.74, 6) is -0.729. The van der Waals surface area contributed by atoms with Crippen LogP contribution in [-0.2, 0) is 14.3 Å². The minimum atomic E-state index is -0.770. The van der Waals surface area contributed by atoms with E-state index < -0.39 is 11.9 Å². The zero-order valence-electron chi connectivity index (χ0n) is 9.49. The molecule has 5 heteroatoms. The van der Waals surface area contributed by atoms with Gasteiger partial charge in [0, 0.05) is 12.1 Å². The molecule has 1 amide bonds. The number of nitrogens with one attached hydrogen (secondary N) is 2. The molecule has 2 aliphatic rings. The summed E-state index contributed by atoms with van der Waals surface area (Å²) >= 11 is 0. The Morgan fingerprint density at radius 1 is 1.38 bits per heavy atom. The smallest absolute Gasteiger partial charge is 0.396 e. The van der Waals surface area contributed by atoms with Gasteiger partial charge in [0.25, 0.3) is 0 Å². The van der Waals surface area contributed by atoms with Crippen molar-refractivity contribution in [2.45, 2.75) is 38.3 Å². The number of ether oxygens (including phenoxy) is 1. The van der Waals surface area contributed by atoms with Crippen LogP contribution in [0, 0.1) is 5.92 Å². The molecule has 5 nitrogen and oxygen atoms in total. The van der Waals surface area contributed by atoms with E-state index in [0.717, 1.165) is 19.4 Å². The maximum absolute atomic E-state index is 11.4. The third kappa shape index (κ3) is 2.52. The Bertz CT molecular complexity index is 281. The molecule has 1 saturated carbocycles. The van der Waals surface area contributed by atoms with E-state index in [1.54, 1.807) is 6.92 Å². The summed E-state index contributed by atoms with van der Waals surface area (Å²) in [6, 6.07) is 0.627. The highest BCUT2D eigenvalue weighted by Crippen LogP contribution is 2.29. The summed E-state index contributed by atoms with van der Waals surface area (Å²) in [6.45, 7) is 2.97. The van der Waals surface area contributed by atoms with Crippen LogP contribution in [0.5, 0.6) is 0 Å². The minimum Gasteiger partial charge on any atom is -0.459 e. The molecule has 0 radical (unpaired) electrons. The van der Waals surface area contributed by atoms with Gasteiger partial charge in [0.15, 0.2) is 0 Å². The Balaban J connectivity index is 1.81. The Kier molecular flexibility index (Phi) is 3.43. The molecule has 3 atom stereocenters. The van der Waals surface area contributed by atoms with Gasteiger partial charge in [-0.2, -0.15) is 0 Å². The van der Waals surface area contributed by atoms with E-state index in [9.17, 15) is 9.59 Å². The van der Waals surface area contributed by atoms with Crippen molar-refractivity contribution >= 4 is 11.9 Å². The number of rotatable bonds is 2. The molecule has 1 aliphatic heterocycles. The van der Waals surface area contributed by atoms with Crippen molar-refractivity contribution in [3.8, 4) is 0 Å². The van der Waals surface area contributed by atoms with E-state index in [2.05, 4.69) is 15.4 Å². The van der Waals surface area contributed by atoms with Crippen LogP contribution in [0.15, 0.2) is 0 Å². The first-order valence-electron chi connectivity index (χ1n) is 5.90. The Morgan fingerprint density at radius 3 is 2.88 bits per heavy atom. The quantitative estimate of drug-likeness (QED) is 0.506. The number of carbonyl (C=O) groups is 2. The lowest BCUT2D eigenvalue weighted by Crippen LogP contribution is -2.44. The molecule has 0 aromatic carbocycles. The zero-order chi connectivity index (χ0) is 11.5. The fourth-order valence-electron chi connectivity index (χ4n) is 2.66. The summed E-state index contributed by atoms with van der Waals surface area (Å²) in [4.78, 5) is 22.6. The van der Waals surface area contributed by atoms with E-state index in [1.807, 2.05) is 0 Å². The Labute approximate surface area is 94.9 Å². The van der Waals surface area contributed by atoms with Crippen LogP contribution < -0.4 is 10.6 Å². The van der Waals surface area contributed by atoms with E-state index in [4.69, 9.17) is 0 Å². The van der Waals surface area contributed by atoms with Crippen LogP contribution in [0.1, 0.15) is 26.2 Å². The molecular weight excluding hydrogens is 208 g/mol. The van der Waals surface area contributed by atoms with Gasteiger partial charge >= 0.3 is 11.9 Å². The standard InChI is InChI=1S/C11H18N2O3/c1-2-16-11(15)10(14)13-9-4-7-3-8(5-9)12-6-7/h7-9,12H,2-6H2,1H3,(H,13,14). The summed E-state index contributed by atoms with van der Waals surface area (Å²) in [7, 11) is 0. The third-order valence-corrected chi connectivity index (χ3v) is 3.30. The first kappa shape index (κ1) is 11.4. The first-order valence-corrected chi connectivity index (χ1v) is 5.90. The number of carbonyl (C=O) groups excluding carboxylic acids is 2. The second-order valence-electron chi connectivity index (χ2n) is 4.57. The van der Waals surface area contributed by atoms with Crippen LogP contribution in [0.3, 0.4) is 0 Å². The molecule has 2 rings (SSSR count). The molecular formula is C11H18N2O3. The largest absolute Gasteiger partial charge is 0.459 e. The van der Waals surface area contributed by atoms with Crippen LogP contribution in [0.2, 0.25) is 0 Å². The van der Waals surface area contributed by atoms with Crippen LogP contribution >= 0.6 is 0 Å². The lowest BCUT2D eigenvalue weighted by Gasteiger charge is -2.27. The molecule has 2 bridgehead atoms. The lowest BCUT2D eigenvalue weighted by molar-refractivity contribution is -0.155. The van der Waals surface area contributed by atoms with Crippen molar-refractivity contribution < 1.29 is 14.3 Å².